The van der Waals surface area contributed by atoms with Gasteiger partial charge in [-0.1, -0.05) is 20.8 Å². The Morgan fingerprint density at radius 2 is 2.07 bits per heavy atom. The number of ketones is 1. The number of esters is 1. The molecule has 1 aliphatic rings. The third-order valence-corrected chi connectivity index (χ3v) is 3.66. The molecule has 0 amide bonds. The summed E-state index contributed by atoms with van der Waals surface area (Å²) in [5.41, 5.74) is -0.275. The maximum absolute atomic E-state index is 11.5. The lowest BCUT2D eigenvalue weighted by atomic mass is 9.62. The van der Waals surface area contributed by atoms with Gasteiger partial charge in [-0.2, -0.15) is 0 Å². The predicted molar refractivity (Wildman–Crippen MR) is 52.7 cm³/mol. The number of ether oxygens (including phenoxy) is 1. The molecule has 0 N–H and O–H groups in total. The van der Waals surface area contributed by atoms with Crippen LogP contribution in [0.2, 0.25) is 0 Å². The van der Waals surface area contributed by atoms with E-state index in [0.29, 0.717) is 12.8 Å². The Balaban J connectivity index is 2.89. The SMILES string of the molecule is COC(=O)[C@H]1CCC(=O)[C@H](C)C1(C)C. The van der Waals surface area contributed by atoms with Crippen LogP contribution in [0.15, 0.2) is 0 Å². The molecule has 0 aromatic heterocycles. The zero-order valence-corrected chi connectivity index (χ0v) is 9.29. The van der Waals surface area contributed by atoms with E-state index in [-0.39, 0.29) is 29.0 Å². The minimum atomic E-state index is -0.275. The summed E-state index contributed by atoms with van der Waals surface area (Å²) in [6.07, 6.45) is 1.13. The van der Waals surface area contributed by atoms with E-state index in [0.717, 1.165) is 0 Å². The molecule has 0 radical (unpaired) electrons. The van der Waals surface area contributed by atoms with E-state index in [1.807, 2.05) is 20.8 Å². The molecule has 1 fully saturated rings. The lowest BCUT2D eigenvalue weighted by Crippen LogP contribution is -2.44. The molecule has 3 nitrogen and oxygen atoms in total. The van der Waals surface area contributed by atoms with Crippen molar-refractivity contribution in [2.24, 2.45) is 17.3 Å². The highest BCUT2D eigenvalue weighted by atomic mass is 16.5. The molecule has 0 saturated heterocycles. The number of hydrogen-bond donors (Lipinski definition) is 0. The fraction of sp³-hybridized carbons (Fsp3) is 0.818. The zero-order valence-electron chi connectivity index (χ0n) is 9.29. The molecule has 0 heterocycles. The Morgan fingerprint density at radius 3 is 2.57 bits per heavy atom. The summed E-state index contributed by atoms with van der Waals surface area (Å²) in [6, 6.07) is 0. The van der Waals surface area contributed by atoms with E-state index in [2.05, 4.69) is 0 Å². The van der Waals surface area contributed by atoms with Crippen LogP contribution in [0.3, 0.4) is 0 Å². The minimum Gasteiger partial charge on any atom is -0.469 e. The number of carbonyl (C=O) groups is 2. The van der Waals surface area contributed by atoms with Crippen molar-refractivity contribution in [2.45, 2.75) is 33.6 Å². The molecular weight excluding hydrogens is 180 g/mol. The zero-order chi connectivity index (χ0) is 10.9. The van der Waals surface area contributed by atoms with Gasteiger partial charge >= 0.3 is 5.97 Å². The van der Waals surface area contributed by atoms with Crippen LogP contribution in [0.5, 0.6) is 0 Å². The second kappa shape index (κ2) is 3.71. The van der Waals surface area contributed by atoms with Crippen LogP contribution in [0, 0.1) is 17.3 Å². The summed E-state index contributed by atoms with van der Waals surface area (Å²) < 4.78 is 4.76. The summed E-state index contributed by atoms with van der Waals surface area (Å²) in [4.78, 5) is 23.0. The number of Topliss-reactive ketones (excluding diaryl/α,β-unsaturated/α-hetero) is 1. The average molecular weight is 198 g/mol. The molecule has 1 rings (SSSR count). The summed E-state index contributed by atoms with van der Waals surface area (Å²) in [7, 11) is 1.40. The number of carbonyl (C=O) groups excluding carboxylic acids is 2. The fourth-order valence-electron chi connectivity index (χ4n) is 2.16. The molecule has 1 saturated carbocycles. The Kier molecular flexibility index (Phi) is 2.98. The van der Waals surface area contributed by atoms with Crippen molar-refractivity contribution in [1.82, 2.24) is 0 Å². The van der Waals surface area contributed by atoms with Gasteiger partial charge in [0.15, 0.2) is 0 Å². The van der Waals surface area contributed by atoms with Crippen molar-refractivity contribution >= 4 is 11.8 Å². The van der Waals surface area contributed by atoms with Gasteiger partial charge < -0.3 is 4.74 Å². The van der Waals surface area contributed by atoms with Crippen molar-refractivity contribution in [3.63, 3.8) is 0 Å². The molecule has 0 spiro atoms. The first kappa shape index (κ1) is 11.2. The average Bonchev–Trinajstić information content (AvgIpc) is 2.13. The molecule has 0 aromatic rings. The summed E-state index contributed by atoms with van der Waals surface area (Å²) >= 11 is 0. The highest BCUT2D eigenvalue weighted by molar-refractivity contribution is 5.85. The van der Waals surface area contributed by atoms with Gasteiger partial charge in [0.1, 0.15) is 5.78 Å². The highest BCUT2D eigenvalue weighted by Gasteiger charge is 2.46. The summed E-state index contributed by atoms with van der Waals surface area (Å²) in [5, 5.41) is 0. The van der Waals surface area contributed by atoms with Crippen molar-refractivity contribution in [3.8, 4) is 0 Å². The van der Waals surface area contributed by atoms with E-state index in [9.17, 15) is 9.59 Å². The lowest BCUT2D eigenvalue weighted by Gasteiger charge is -2.40. The van der Waals surface area contributed by atoms with Crippen LogP contribution in [0.25, 0.3) is 0 Å². The normalized spacial score (nSPS) is 31.3. The van der Waals surface area contributed by atoms with Crippen molar-refractivity contribution in [1.29, 1.82) is 0 Å². The Labute approximate surface area is 84.8 Å². The molecular formula is C11H18O3. The largest absolute Gasteiger partial charge is 0.469 e. The van der Waals surface area contributed by atoms with Gasteiger partial charge in [0.2, 0.25) is 0 Å². The fourth-order valence-corrected chi connectivity index (χ4v) is 2.16. The van der Waals surface area contributed by atoms with Gasteiger partial charge in [-0.25, -0.2) is 0 Å². The third kappa shape index (κ3) is 1.68. The molecule has 0 bridgehead atoms. The van der Waals surface area contributed by atoms with Crippen molar-refractivity contribution in [3.05, 3.63) is 0 Å². The molecule has 0 unspecified atom stereocenters. The third-order valence-electron chi connectivity index (χ3n) is 3.66. The van der Waals surface area contributed by atoms with Crippen molar-refractivity contribution < 1.29 is 14.3 Å². The van der Waals surface area contributed by atoms with Crippen LogP contribution in [-0.2, 0) is 14.3 Å². The van der Waals surface area contributed by atoms with Gasteiger partial charge in [-0.05, 0) is 11.8 Å². The predicted octanol–water partition coefficient (Wildman–Crippen LogP) is 1.80. The van der Waals surface area contributed by atoms with Gasteiger partial charge in [0.05, 0.1) is 13.0 Å². The van der Waals surface area contributed by atoms with Crippen LogP contribution >= 0.6 is 0 Å². The molecule has 0 aromatic carbocycles. The van der Waals surface area contributed by atoms with Crippen LogP contribution < -0.4 is 0 Å². The molecule has 2 atom stereocenters. The maximum Gasteiger partial charge on any atom is 0.309 e. The van der Waals surface area contributed by atoms with Gasteiger partial charge in [-0.3, -0.25) is 9.59 Å². The lowest BCUT2D eigenvalue weighted by molar-refractivity contribution is -0.155. The topological polar surface area (TPSA) is 43.4 Å². The van der Waals surface area contributed by atoms with E-state index >= 15 is 0 Å². The van der Waals surface area contributed by atoms with Crippen molar-refractivity contribution in [2.75, 3.05) is 7.11 Å². The van der Waals surface area contributed by atoms with E-state index in [1.54, 1.807) is 0 Å². The van der Waals surface area contributed by atoms with Crippen LogP contribution in [-0.4, -0.2) is 18.9 Å². The number of rotatable bonds is 1. The van der Waals surface area contributed by atoms with E-state index in [1.165, 1.54) is 7.11 Å². The monoisotopic (exact) mass is 198 g/mol. The van der Waals surface area contributed by atoms with E-state index < -0.39 is 0 Å². The van der Waals surface area contributed by atoms with Crippen LogP contribution in [0.1, 0.15) is 33.6 Å². The first-order valence-electron chi connectivity index (χ1n) is 5.01. The summed E-state index contributed by atoms with van der Waals surface area (Å²) in [5.74, 6) is -0.120. The second-order valence-electron chi connectivity index (χ2n) is 4.62. The molecule has 80 valence electrons. The van der Waals surface area contributed by atoms with Crippen LogP contribution in [0.4, 0.5) is 0 Å². The first-order chi connectivity index (χ1) is 6.41. The number of hydrogen-bond acceptors (Lipinski definition) is 3. The Bertz CT molecular complexity index is 255. The van der Waals surface area contributed by atoms with E-state index in [4.69, 9.17) is 4.74 Å². The van der Waals surface area contributed by atoms with Gasteiger partial charge in [-0.15, -0.1) is 0 Å². The first-order valence-corrected chi connectivity index (χ1v) is 5.01. The molecule has 14 heavy (non-hydrogen) atoms. The number of methoxy groups -OCH3 is 1. The standard InChI is InChI=1S/C11H18O3/c1-7-9(12)6-5-8(10(13)14-4)11(7,2)3/h7-8H,5-6H2,1-4H3/t7-,8+/m0/s1. The van der Waals surface area contributed by atoms with Gasteiger partial charge in [0, 0.05) is 12.3 Å². The maximum atomic E-state index is 11.5. The molecule has 3 heteroatoms. The quantitative estimate of drug-likeness (QED) is 0.603. The highest BCUT2D eigenvalue weighted by Crippen LogP contribution is 2.43. The Hall–Kier alpha value is -0.860. The van der Waals surface area contributed by atoms with Gasteiger partial charge in [0.25, 0.3) is 0 Å². The minimum absolute atomic E-state index is 0.0552. The smallest absolute Gasteiger partial charge is 0.309 e. The molecule has 1 aliphatic carbocycles. The second-order valence-corrected chi connectivity index (χ2v) is 4.62. The summed E-state index contributed by atoms with van der Waals surface area (Å²) in [6.45, 7) is 5.84. The molecule has 0 aliphatic heterocycles. The Morgan fingerprint density at radius 1 is 1.50 bits per heavy atom.